The molecule has 0 aliphatic heterocycles. The van der Waals surface area contributed by atoms with Gasteiger partial charge in [0.2, 0.25) is 10.0 Å². The Morgan fingerprint density at radius 2 is 2.04 bits per heavy atom. The van der Waals surface area contributed by atoms with E-state index < -0.39 is 15.8 Å². The second-order valence-corrected chi connectivity index (χ2v) is 9.81. The van der Waals surface area contributed by atoms with Crippen molar-refractivity contribution in [2.45, 2.75) is 43.4 Å². The van der Waals surface area contributed by atoms with Crippen LogP contribution in [-0.4, -0.2) is 24.1 Å². The van der Waals surface area contributed by atoms with Crippen molar-refractivity contribution in [3.63, 3.8) is 0 Å². The Kier molecular flexibility index (Phi) is 4.97. The second kappa shape index (κ2) is 7.17. The van der Waals surface area contributed by atoms with E-state index in [9.17, 15) is 17.6 Å². The molecule has 2 aliphatic rings. The van der Waals surface area contributed by atoms with Gasteiger partial charge in [0.05, 0.1) is 10.3 Å². The van der Waals surface area contributed by atoms with Gasteiger partial charge >= 0.3 is 0 Å². The third-order valence-electron chi connectivity index (χ3n) is 5.28. The van der Waals surface area contributed by atoms with Crippen molar-refractivity contribution in [1.29, 1.82) is 0 Å². The van der Waals surface area contributed by atoms with E-state index in [0.29, 0.717) is 37.1 Å². The van der Waals surface area contributed by atoms with Crippen molar-refractivity contribution >= 4 is 33.2 Å². The number of halogens is 2. The quantitative estimate of drug-likeness (QED) is 0.769. The van der Waals surface area contributed by atoms with E-state index in [2.05, 4.69) is 10.0 Å². The Hall–Kier alpha value is -1.90. The maximum Gasteiger partial charge on any atom is 0.272 e. The van der Waals surface area contributed by atoms with Crippen molar-refractivity contribution in [3.05, 3.63) is 52.1 Å². The topological polar surface area (TPSA) is 80.2 Å². The van der Waals surface area contributed by atoms with Gasteiger partial charge in [-0.3, -0.25) is 4.79 Å². The van der Waals surface area contributed by atoms with E-state index in [0.717, 1.165) is 17.5 Å². The summed E-state index contributed by atoms with van der Waals surface area (Å²) in [6.07, 6.45) is 5.43. The highest BCUT2D eigenvalue weighted by Crippen LogP contribution is 2.36. The van der Waals surface area contributed by atoms with Gasteiger partial charge in [0.25, 0.3) is 5.91 Å². The highest BCUT2D eigenvalue weighted by molar-refractivity contribution is 7.90. The summed E-state index contributed by atoms with van der Waals surface area (Å²) in [5, 5.41) is 2.39. The largest absolute Gasteiger partial charge is 0.346 e. The third-order valence-corrected chi connectivity index (χ3v) is 7.53. The van der Waals surface area contributed by atoms with Gasteiger partial charge in [0, 0.05) is 25.0 Å². The fourth-order valence-electron chi connectivity index (χ4n) is 3.76. The molecule has 1 unspecified atom stereocenters. The molecule has 28 heavy (non-hydrogen) atoms. The molecule has 2 N–H and O–H groups in total. The first-order valence-electron chi connectivity index (χ1n) is 9.22. The van der Waals surface area contributed by atoms with Gasteiger partial charge in [0.1, 0.15) is 11.5 Å². The number of benzene rings is 1. The molecule has 0 bridgehead atoms. The molecule has 1 saturated carbocycles. The number of aromatic nitrogens is 1. The zero-order valence-corrected chi connectivity index (χ0v) is 16.9. The molecule has 1 atom stereocenters. The van der Waals surface area contributed by atoms with Crippen molar-refractivity contribution in [2.24, 2.45) is 7.05 Å². The first-order valence-corrected chi connectivity index (χ1v) is 11.1. The van der Waals surface area contributed by atoms with Gasteiger partial charge in [0.15, 0.2) is 0 Å². The summed E-state index contributed by atoms with van der Waals surface area (Å²) in [6.45, 7) is 0. The molecule has 0 spiro atoms. The standard InChI is InChI=1S/C19H21ClFN3O3S/c1-24-10-14-13(3-2-4-17(14)23-28(26,27)12-6-7-12)18(24)19(25)22-11-5-8-16(21)15(20)9-11/h5,8-10,12,17,23H,2-4,6-7H2,1H3,(H,22,25). The summed E-state index contributed by atoms with van der Waals surface area (Å²) in [7, 11) is -1.56. The molecule has 1 aromatic carbocycles. The lowest BCUT2D eigenvalue weighted by Gasteiger charge is -2.24. The van der Waals surface area contributed by atoms with E-state index in [1.807, 2.05) is 6.20 Å². The molecule has 1 heterocycles. The number of rotatable bonds is 5. The van der Waals surface area contributed by atoms with E-state index in [4.69, 9.17) is 11.6 Å². The Morgan fingerprint density at radius 1 is 1.29 bits per heavy atom. The fourth-order valence-corrected chi connectivity index (χ4v) is 5.53. The summed E-state index contributed by atoms with van der Waals surface area (Å²) in [4.78, 5) is 12.9. The zero-order chi connectivity index (χ0) is 20.1. The Bertz CT molecular complexity index is 1050. The number of carbonyl (C=O) groups is 1. The van der Waals surface area contributed by atoms with E-state index >= 15 is 0 Å². The molecule has 1 aromatic heterocycles. The van der Waals surface area contributed by atoms with E-state index in [1.54, 1.807) is 11.6 Å². The minimum atomic E-state index is -3.32. The molecule has 1 amide bonds. The zero-order valence-electron chi connectivity index (χ0n) is 15.3. The smallest absolute Gasteiger partial charge is 0.272 e. The molecule has 9 heteroatoms. The van der Waals surface area contributed by atoms with Crippen LogP contribution >= 0.6 is 11.6 Å². The average molecular weight is 426 g/mol. The van der Waals surface area contributed by atoms with Crippen molar-refractivity contribution in [2.75, 3.05) is 5.32 Å². The molecular formula is C19H21ClFN3O3S. The van der Waals surface area contributed by atoms with Crippen molar-refractivity contribution < 1.29 is 17.6 Å². The summed E-state index contributed by atoms with van der Waals surface area (Å²) >= 11 is 5.78. The van der Waals surface area contributed by atoms with Gasteiger partial charge in [-0.25, -0.2) is 17.5 Å². The lowest BCUT2D eigenvalue weighted by molar-refractivity contribution is 0.101. The van der Waals surface area contributed by atoms with Crippen LogP contribution in [-0.2, 0) is 23.5 Å². The predicted molar refractivity (Wildman–Crippen MR) is 106 cm³/mol. The number of carbonyl (C=O) groups excluding carboxylic acids is 1. The van der Waals surface area contributed by atoms with Crippen LogP contribution in [0.1, 0.15) is 53.3 Å². The maximum absolute atomic E-state index is 13.3. The van der Waals surface area contributed by atoms with Crippen LogP contribution in [0, 0.1) is 5.82 Å². The molecule has 4 rings (SSSR count). The minimum Gasteiger partial charge on any atom is -0.346 e. The number of hydrogen-bond donors (Lipinski definition) is 2. The highest BCUT2D eigenvalue weighted by Gasteiger charge is 2.38. The van der Waals surface area contributed by atoms with Crippen LogP contribution < -0.4 is 10.0 Å². The summed E-state index contributed by atoms with van der Waals surface area (Å²) < 4.78 is 42.6. The second-order valence-electron chi connectivity index (χ2n) is 7.41. The SMILES string of the molecule is Cn1cc2c(c1C(=O)Nc1ccc(F)c(Cl)c1)CCCC2NS(=O)(=O)C1CC1. The predicted octanol–water partition coefficient (Wildman–Crippen LogP) is 3.53. The molecule has 2 aliphatic carbocycles. The number of aryl methyl sites for hydroxylation is 1. The first-order chi connectivity index (χ1) is 13.3. The minimum absolute atomic E-state index is 0.0683. The highest BCUT2D eigenvalue weighted by atomic mass is 35.5. The number of nitrogens with one attached hydrogen (secondary N) is 2. The van der Waals surface area contributed by atoms with Crippen LogP contribution in [0.25, 0.3) is 0 Å². The van der Waals surface area contributed by atoms with E-state index in [1.165, 1.54) is 18.2 Å². The number of amides is 1. The Balaban J connectivity index is 1.60. The van der Waals surface area contributed by atoms with Gasteiger partial charge in [-0.15, -0.1) is 0 Å². The van der Waals surface area contributed by atoms with Crippen LogP contribution in [0.4, 0.5) is 10.1 Å². The number of fused-ring (bicyclic) bond motifs is 1. The lowest BCUT2D eigenvalue weighted by Crippen LogP contribution is -2.33. The Morgan fingerprint density at radius 3 is 2.71 bits per heavy atom. The van der Waals surface area contributed by atoms with Gasteiger partial charge in [-0.05, 0) is 61.4 Å². The number of nitrogens with zero attached hydrogens (tertiary/aromatic N) is 1. The molecule has 2 aromatic rings. The van der Waals surface area contributed by atoms with Crippen LogP contribution in [0.2, 0.25) is 5.02 Å². The van der Waals surface area contributed by atoms with Crippen LogP contribution in [0.5, 0.6) is 0 Å². The molecule has 0 saturated heterocycles. The van der Waals surface area contributed by atoms with E-state index in [-0.39, 0.29) is 22.2 Å². The maximum atomic E-state index is 13.3. The number of hydrogen-bond acceptors (Lipinski definition) is 3. The van der Waals surface area contributed by atoms with Crippen LogP contribution in [0.15, 0.2) is 24.4 Å². The van der Waals surface area contributed by atoms with Gasteiger partial charge < -0.3 is 9.88 Å². The summed E-state index contributed by atoms with van der Waals surface area (Å²) in [5.74, 6) is -0.890. The molecule has 1 fully saturated rings. The Labute approximate surface area is 168 Å². The molecule has 6 nitrogen and oxygen atoms in total. The van der Waals surface area contributed by atoms with Gasteiger partial charge in [-0.2, -0.15) is 0 Å². The van der Waals surface area contributed by atoms with Gasteiger partial charge in [-0.1, -0.05) is 11.6 Å². The number of sulfonamides is 1. The molecule has 150 valence electrons. The normalized spacial score (nSPS) is 19.3. The summed E-state index contributed by atoms with van der Waals surface area (Å²) in [5.41, 5.74) is 2.57. The fraction of sp³-hybridized carbons (Fsp3) is 0.421. The molecular weight excluding hydrogens is 405 g/mol. The molecule has 0 radical (unpaired) electrons. The van der Waals surface area contributed by atoms with Crippen molar-refractivity contribution in [3.8, 4) is 0 Å². The first kappa shape index (κ1) is 19.4. The lowest BCUT2D eigenvalue weighted by atomic mass is 9.90. The van der Waals surface area contributed by atoms with Crippen LogP contribution in [0.3, 0.4) is 0 Å². The third kappa shape index (κ3) is 3.68. The van der Waals surface area contributed by atoms with Crippen molar-refractivity contribution in [1.82, 2.24) is 9.29 Å². The average Bonchev–Trinajstić information content (AvgIpc) is 3.42. The number of anilines is 1. The summed E-state index contributed by atoms with van der Waals surface area (Å²) in [6, 6.07) is 3.68. The monoisotopic (exact) mass is 425 g/mol.